The molecule has 0 radical (unpaired) electrons. The van der Waals surface area contributed by atoms with Crippen LogP contribution in [0.4, 0.5) is 0 Å². The van der Waals surface area contributed by atoms with E-state index >= 15 is 0 Å². The van der Waals surface area contributed by atoms with Gasteiger partial charge < -0.3 is 9.32 Å². The zero-order valence-electron chi connectivity index (χ0n) is 11.0. The first-order valence-electron chi connectivity index (χ1n) is 7.01. The zero-order valence-corrected chi connectivity index (χ0v) is 11.0. The van der Waals surface area contributed by atoms with Crippen molar-refractivity contribution >= 4 is 11.2 Å². The van der Waals surface area contributed by atoms with Gasteiger partial charge in [0.15, 0.2) is 0 Å². The molecular weight excluding hydrogens is 242 g/mol. The molecule has 1 saturated heterocycles. The van der Waals surface area contributed by atoms with Gasteiger partial charge in [0.1, 0.15) is 5.52 Å². The fourth-order valence-electron chi connectivity index (χ4n) is 2.72. The molecule has 0 bridgehead atoms. The van der Waals surface area contributed by atoms with Gasteiger partial charge in [-0.05, 0) is 38.1 Å². The van der Waals surface area contributed by atoms with E-state index in [4.69, 9.17) is 4.42 Å². The molecule has 2 aromatic rings. The van der Waals surface area contributed by atoms with Crippen LogP contribution in [-0.2, 0) is 6.54 Å². The summed E-state index contributed by atoms with van der Waals surface area (Å²) in [7, 11) is 0. The van der Waals surface area contributed by atoms with Crippen molar-refractivity contribution < 1.29 is 4.42 Å². The van der Waals surface area contributed by atoms with Crippen molar-refractivity contribution in [2.24, 2.45) is 0 Å². The van der Waals surface area contributed by atoms with Crippen LogP contribution in [-0.4, -0.2) is 34.1 Å². The normalized spacial score (nSPS) is 17.7. The van der Waals surface area contributed by atoms with Crippen LogP contribution in [0.1, 0.15) is 25.7 Å². The third-order valence-corrected chi connectivity index (χ3v) is 3.78. The molecule has 2 aromatic heterocycles. The van der Waals surface area contributed by atoms with E-state index in [0.29, 0.717) is 12.3 Å². The average Bonchev–Trinajstić information content (AvgIpc) is 2.61. The molecule has 102 valence electrons. The van der Waals surface area contributed by atoms with Gasteiger partial charge in [-0.15, -0.1) is 0 Å². The number of aromatic nitrogens is 2. The van der Waals surface area contributed by atoms with Gasteiger partial charge in [0.05, 0.1) is 0 Å². The molecule has 1 aliphatic rings. The number of nitrogens with zero attached hydrogens (tertiary/aromatic N) is 3. The van der Waals surface area contributed by atoms with Crippen LogP contribution in [0, 0.1) is 0 Å². The van der Waals surface area contributed by atoms with Gasteiger partial charge in [0.25, 0.3) is 0 Å². The fraction of sp³-hybridized carbons (Fsp3) is 0.571. The highest BCUT2D eigenvalue weighted by Crippen LogP contribution is 2.11. The first-order valence-corrected chi connectivity index (χ1v) is 7.01. The third kappa shape index (κ3) is 2.71. The van der Waals surface area contributed by atoms with Gasteiger partial charge in [-0.2, -0.15) is 0 Å². The molecule has 0 spiro atoms. The van der Waals surface area contributed by atoms with Crippen LogP contribution in [0.2, 0.25) is 0 Å². The lowest BCUT2D eigenvalue weighted by Gasteiger charge is -2.19. The first kappa shape index (κ1) is 12.4. The lowest BCUT2D eigenvalue weighted by molar-refractivity contribution is 0.271. The summed E-state index contributed by atoms with van der Waals surface area (Å²) in [6.45, 7) is 3.87. The van der Waals surface area contributed by atoms with Crippen LogP contribution >= 0.6 is 0 Å². The molecule has 1 aliphatic heterocycles. The Morgan fingerprint density at radius 2 is 1.95 bits per heavy atom. The minimum atomic E-state index is -0.302. The lowest BCUT2D eigenvalue weighted by Crippen LogP contribution is -2.30. The van der Waals surface area contributed by atoms with Gasteiger partial charge in [-0.25, -0.2) is 9.78 Å². The molecule has 0 atom stereocenters. The minimum Gasteiger partial charge on any atom is -0.389 e. The zero-order chi connectivity index (χ0) is 13.1. The van der Waals surface area contributed by atoms with Crippen molar-refractivity contribution in [2.45, 2.75) is 32.2 Å². The molecule has 0 aromatic carbocycles. The highest BCUT2D eigenvalue weighted by atomic mass is 16.4. The van der Waals surface area contributed by atoms with Crippen LogP contribution in [0.25, 0.3) is 11.2 Å². The second-order valence-corrected chi connectivity index (χ2v) is 5.10. The van der Waals surface area contributed by atoms with Gasteiger partial charge in [0.2, 0.25) is 5.71 Å². The summed E-state index contributed by atoms with van der Waals surface area (Å²) in [6.07, 6.45) is 6.83. The van der Waals surface area contributed by atoms with Crippen LogP contribution in [0.15, 0.2) is 27.5 Å². The van der Waals surface area contributed by atoms with Crippen molar-refractivity contribution in [3.63, 3.8) is 0 Å². The maximum atomic E-state index is 11.8. The molecule has 5 nitrogen and oxygen atoms in total. The lowest BCUT2D eigenvalue weighted by atomic mass is 10.2. The number of likely N-dealkylation sites (tertiary alicyclic amines) is 1. The molecular formula is C14H19N3O2. The van der Waals surface area contributed by atoms with Crippen LogP contribution in [0.5, 0.6) is 0 Å². The highest BCUT2D eigenvalue weighted by Gasteiger charge is 2.12. The predicted molar refractivity (Wildman–Crippen MR) is 73.2 cm³/mol. The van der Waals surface area contributed by atoms with Gasteiger partial charge in [-0.3, -0.25) is 4.57 Å². The largest absolute Gasteiger partial charge is 0.421 e. The molecule has 5 heteroatoms. The predicted octanol–water partition coefficient (Wildman–Crippen LogP) is 1.87. The Balaban J connectivity index is 1.74. The monoisotopic (exact) mass is 261 g/mol. The Kier molecular flexibility index (Phi) is 3.64. The molecule has 3 rings (SSSR count). The van der Waals surface area contributed by atoms with E-state index in [-0.39, 0.29) is 5.76 Å². The molecule has 19 heavy (non-hydrogen) atoms. The summed E-state index contributed by atoms with van der Waals surface area (Å²) < 4.78 is 6.83. The smallest absolute Gasteiger partial charge is 0.389 e. The Bertz CT molecular complexity index is 594. The maximum Gasteiger partial charge on any atom is 0.421 e. The van der Waals surface area contributed by atoms with Gasteiger partial charge in [0, 0.05) is 19.3 Å². The van der Waals surface area contributed by atoms with Crippen molar-refractivity contribution in [3.8, 4) is 0 Å². The SMILES string of the molecule is O=c1oc2ncccc2n1CCN1CCCCCC1. The summed E-state index contributed by atoms with van der Waals surface area (Å²) in [5.41, 5.74) is 1.23. The minimum absolute atomic E-state index is 0.302. The van der Waals surface area contributed by atoms with Crippen molar-refractivity contribution in [1.82, 2.24) is 14.5 Å². The number of fused-ring (bicyclic) bond motifs is 1. The molecule has 0 aliphatic carbocycles. The molecule has 3 heterocycles. The summed E-state index contributed by atoms with van der Waals surface area (Å²) in [6, 6.07) is 3.72. The molecule has 0 unspecified atom stereocenters. The van der Waals surface area contributed by atoms with Crippen molar-refractivity contribution in [3.05, 3.63) is 28.9 Å². The summed E-state index contributed by atoms with van der Waals surface area (Å²) >= 11 is 0. The Labute approximate surface area is 111 Å². The number of rotatable bonds is 3. The number of oxazole rings is 1. The van der Waals surface area contributed by atoms with E-state index in [9.17, 15) is 4.79 Å². The van der Waals surface area contributed by atoms with E-state index in [1.165, 1.54) is 25.7 Å². The van der Waals surface area contributed by atoms with Crippen molar-refractivity contribution in [1.29, 1.82) is 0 Å². The Hall–Kier alpha value is -1.62. The van der Waals surface area contributed by atoms with E-state index in [1.807, 2.05) is 12.1 Å². The van der Waals surface area contributed by atoms with E-state index < -0.39 is 0 Å². The fourth-order valence-corrected chi connectivity index (χ4v) is 2.72. The summed E-state index contributed by atoms with van der Waals surface area (Å²) in [5.74, 6) is -0.302. The third-order valence-electron chi connectivity index (χ3n) is 3.78. The van der Waals surface area contributed by atoms with Gasteiger partial charge in [-0.1, -0.05) is 12.8 Å². The summed E-state index contributed by atoms with van der Waals surface area (Å²) in [4.78, 5) is 18.3. The first-order chi connectivity index (χ1) is 9.34. The second-order valence-electron chi connectivity index (χ2n) is 5.10. The second kappa shape index (κ2) is 5.57. The quantitative estimate of drug-likeness (QED) is 0.846. The molecule has 0 amide bonds. The number of hydrogen-bond acceptors (Lipinski definition) is 4. The number of hydrogen-bond donors (Lipinski definition) is 0. The maximum absolute atomic E-state index is 11.8. The van der Waals surface area contributed by atoms with E-state index in [2.05, 4.69) is 9.88 Å². The number of pyridine rings is 1. The Morgan fingerprint density at radius 1 is 1.16 bits per heavy atom. The van der Waals surface area contributed by atoms with Crippen molar-refractivity contribution in [2.75, 3.05) is 19.6 Å². The summed E-state index contributed by atoms with van der Waals surface area (Å²) in [5, 5.41) is 0. The molecule has 0 saturated carbocycles. The average molecular weight is 261 g/mol. The van der Waals surface area contributed by atoms with E-state index in [0.717, 1.165) is 25.2 Å². The standard InChI is InChI=1S/C14H19N3O2/c18-14-17(12-6-5-7-15-13(12)19-14)11-10-16-8-3-1-2-4-9-16/h5-7H,1-4,8-11H2. The molecule has 1 fully saturated rings. The van der Waals surface area contributed by atoms with E-state index in [1.54, 1.807) is 10.8 Å². The Morgan fingerprint density at radius 3 is 2.74 bits per heavy atom. The highest BCUT2D eigenvalue weighted by molar-refractivity contribution is 5.67. The van der Waals surface area contributed by atoms with Crippen LogP contribution in [0.3, 0.4) is 0 Å². The van der Waals surface area contributed by atoms with Crippen LogP contribution < -0.4 is 5.76 Å². The molecule has 0 N–H and O–H groups in total. The van der Waals surface area contributed by atoms with Gasteiger partial charge >= 0.3 is 5.76 Å². The topological polar surface area (TPSA) is 51.3 Å².